The third-order valence-electron chi connectivity index (χ3n) is 3.16. The third kappa shape index (κ3) is 4.90. The van der Waals surface area contributed by atoms with Crippen molar-refractivity contribution in [1.82, 2.24) is 15.2 Å². The first-order valence-electron chi connectivity index (χ1n) is 5.77. The van der Waals surface area contributed by atoms with Crippen molar-refractivity contribution in [3.8, 4) is 0 Å². The Bertz CT molecular complexity index is 349. The van der Waals surface area contributed by atoms with E-state index in [2.05, 4.69) is 15.2 Å². The molecular weight excluding hydrogens is 293 g/mol. The van der Waals surface area contributed by atoms with Gasteiger partial charge in [0.1, 0.15) is 0 Å². The summed E-state index contributed by atoms with van der Waals surface area (Å²) in [5.41, 5.74) is 1.17. The molecule has 0 saturated carbocycles. The molecule has 6 heteroatoms. The highest BCUT2D eigenvalue weighted by molar-refractivity contribution is 6.31. The fraction of sp³-hybridized carbons (Fsp3) is 0.583. The molecule has 2 heterocycles. The standard InChI is InChI=1S/C12H18ClN3.2ClH/c1-14-11-3-2-6-16(9-11)8-10-4-5-15-7-12(10)13;;/h4-5,7,11,14H,2-3,6,8-9H2,1H3;2*1H. The van der Waals surface area contributed by atoms with Gasteiger partial charge in [-0.2, -0.15) is 0 Å². The predicted molar refractivity (Wildman–Crippen MR) is 81.1 cm³/mol. The zero-order chi connectivity index (χ0) is 11.4. The lowest BCUT2D eigenvalue weighted by atomic mass is 10.1. The fourth-order valence-corrected chi connectivity index (χ4v) is 2.39. The first kappa shape index (κ1) is 17.9. The second-order valence-corrected chi connectivity index (χ2v) is 4.74. The van der Waals surface area contributed by atoms with Crippen LogP contribution in [0.4, 0.5) is 0 Å². The van der Waals surface area contributed by atoms with Crippen LogP contribution >= 0.6 is 36.4 Å². The normalized spacial score (nSPS) is 19.8. The average Bonchev–Trinajstić information content (AvgIpc) is 2.32. The summed E-state index contributed by atoms with van der Waals surface area (Å²) in [6.45, 7) is 3.20. The Labute approximate surface area is 126 Å². The molecule has 2 rings (SSSR count). The molecule has 0 radical (unpaired) electrons. The van der Waals surface area contributed by atoms with Gasteiger partial charge < -0.3 is 5.32 Å². The number of nitrogens with one attached hydrogen (secondary N) is 1. The van der Waals surface area contributed by atoms with Gasteiger partial charge in [-0.15, -0.1) is 24.8 Å². The molecule has 1 aromatic heterocycles. The highest BCUT2D eigenvalue weighted by atomic mass is 35.5. The maximum atomic E-state index is 6.11. The van der Waals surface area contributed by atoms with Crippen molar-refractivity contribution in [3.63, 3.8) is 0 Å². The van der Waals surface area contributed by atoms with Crippen LogP contribution in [0.5, 0.6) is 0 Å². The summed E-state index contributed by atoms with van der Waals surface area (Å²) in [4.78, 5) is 6.46. The van der Waals surface area contributed by atoms with Crippen LogP contribution in [0.1, 0.15) is 18.4 Å². The molecular formula is C12H20Cl3N3. The van der Waals surface area contributed by atoms with E-state index in [4.69, 9.17) is 11.6 Å². The van der Waals surface area contributed by atoms with E-state index in [1.54, 1.807) is 12.4 Å². The number of halogens is 3. The number of aromatic nitrogens is 1. The molecule has 1 aromatic rings. The lowest BCUT2D eigenvalue weighted by Gasteiger charge is -2.32. The number of rotatable bonds is 3. The van der Waals surface area contributed by atoms with E-state index in [-0.39, 0.29) is 24.8 Å². The summed E-state index contributed by atoms with van der Waals surface area (Å²) in [6.07, 6.45) is 6.06. The van der Waals surface area contributed by atoms with Gasteiger partial charge in [0, 0.05) is 31.5 Å². The molecule has 1 N–H and O–H groups in total. The summed E-state index contributed by atoms with van der Waals surface area (Å²) in [5, 5.41) is 4.12. The molecule has 1 unspecified atom stereocenters. The molecule has 1 aliphatic rings. The topological polar surface area (TPSA) is 28.2 Å². The highest BCUT2D eigenvalue weighted by Gasteiger charge is 2.18. The summed E-state index contributed by atoms with van der Waals surface area (Å²) in [7, 11) is 2.04. The van der Waals surface area contributed by atoms with Gasteiger partial charge in [0.25, 0.3) is 0 Å². The molecule has 0 bridgehead atoms. The SMILES string of the molecule is CNC1CCCN(Cc2ccncc2Cl)C1.Cl.Cl. The van der Waals surface area contributed by atoms with Crippen LogP contribution in [0.15, 0.2) is 18.5 Å². The van der Waals surface area contributed by atoms with Crippen molar-refractivity contribution in [1.29, 1.82) is 0 Å². The lowest BCUT2D eigenvalue weighted by Crippen LogP contribution is -2.43. The summed E-state index contributed by atoms with van der Waals surface area (Å²) in [5.74, 6) is 0. The van der Waals surface area contributed by atoms with E-state index >= 15 is 0 Å². The first-order chi connectivity index (χ1) is 7.79. The average molecular weight is 313 g/mol. The second kappa shape index (κ2) is 8.94. The van der Waals surface area contributed by atoms with Gasteiger partial charge in [-0.05, 0) is 38.1 Å². The van der Waals surface area contributed by atoms with E-state index in [1.807, 2.05) is 13.1 Å². The van der Waals surface area contributed by atoms with Crippen LogP contribution in [0.25, 0.3) is 0 Å². The molecule has 3 nitrogen and oxygen atoms in total. The van der Waals surface area contributed by atoms with Crippen LogP contribution in [-0.4, -0.2) is 36.1 Å². The second-order valence-electron chi connectivity index (χ2n) is 4.33. The quantitative estimate of drug-likeness (QED) is 0.930. The van der Waals surface area contributed by atoms with Gasteiger partial charge in [0.2, 0.25) is 0 Å². The molecule has 1 atom stereocenters. The summed E-state index contributed by atoms with van der Waals surface area (Å²) < 4.78 is 0. The van der Waals surface area contributed by atoms with Gasteiger partial charge in [-0.3, -0.25) is 9.88 Å². The van der Waals surface area contributed by atoms with Crippen molar-refractivity contribution >= 4 is 36.4 Å². The zero-order valence-corrected chi connectivity index (χ0v) is 12.8. The smallest absolute Gasteiger partial charge is 0.0634 e. The van der Waals surface area contributed by atoms with Crippen LogP contribution in [0.3, 0.4) is 0 Å². The zero-order valence-electron chi connectivity index (χ0n) is 10.4. The van der Waals surface area contributed by atoms with Crippen molar-refractivity contribution in [2.45, 2.75) is 25.4 Å². The number of hydrogen-bond donors (Lipinski definition) is 1. The minimum Gasteiger partial charge on any atom is -0.316 e. The molecule has 0 spiro atoms. The van der Waals surface area contributed by atoms with Crippen LogP contribution < -0.4 is 5.32 Å². The number of piperidine rings is 1. The number of nitrogens with zero attached hydrogens (tertiary/aromatic N) is 2. The van der Waals surface area contributed by atoms with Gasteiger partial charge in [0.15, 0.2) is 0 Å². The van der Waals surface area contributed by atoms with E-state index < -0.39 is 0 Å². The van der Waals surface area contributed by atoms with Gasteiger partial charge >= 0.3 is 0 Å². The monoisotopic (exact) mass is 311 g/mol. The molecule has 18 heavy (non-hydrogen) atoms. The minimum atomic E-state index is 0. The lowest BCUT2D eigenvalue weighted by molar-refractivity contribution is 0.188. The van der Waals surface area contributed by atoms with Crippen LogP contribution in [0.2, 0.25) is 5.02 Å². The molecule has 0 aromatic carbocycles. The molecule has 0 aliphatic carbocycles. The van der Waals surface area contributed by atoms with Crippen molar-refractivity contribution < 1.29 is 0 Å². The van der Waals surface area contributed by atoms with Gasteiger partial charge in [0.05, 0.1) is 5.02 Å². The maximum absolute atomic E-state index is 6.11. The Morgan fingerprint density at radius 1 is 1.50 bits per heavy atom. The summed E-state index contributed by atoms with van der Waals surface area (Å²) in [6, 6.07) is 2.63. The highest BCUT2D eigenvalue weighted by Crippen LogP contribution is 2.18. The number of likely N-dealkylation sites (N-methyl/N-ethyl adjacent to an activating group) is 1. The minimum absolute atomic E-state index is 0. The Balaban J connectivity index is 0.00000144. The molecule has 104 valence electrons. The first-order valence-corrected chi connectivity index (χ1v) is 6.15. The Hall–Kier alpha value is -0.0600. The van der Waals surface area contributed by atoms with Gasteiger partial charge in [-0.1, -0.05) is 11.6 Å². The number of pyridine rings is 1. The van der Waals surface area contributed by atoms with Crippen molar-refractivity contribution in [2.75, 3.05) is 20.1 Å². The van der Waals surface area contributed by atoms with Crippen LogP contribution in [0, 0.1) is 0 Å². The third-order valence-corrected chi connectivity index (χ3v) is 3.50. The largest absolute Gasteiger partial charge is 0.316 e. The fourth-order valence-electron chi connectivity index (χ4n) is 2.21. The summed E-state index contributed by atoms with van der Waals surface area (Å²) >= 11 is 6.11. The van der Waals surface area contributed by atoms with Gasteiger partial charge in [-0.25, -0.2) is 0 Å². The number of hydrogen-bond acceptors (Lipinski definition) is 3. The van der Waals surface area contributed by atoms with Crippen LogP contribution in [-0.2, 0) is 6.54 Å². The maximum Gasteiger partial charge on any atom is 0.0634 e. The van der Waals surface area contributed by atoms with Crippen molar-refractivity contribution in [3.05, 3.63) is 29.0 Å². The molecule has 1 aliphatic heterocycles. The van der Waals surface area contributed by atoms with E-state index in [9.17, 15) is 0 Å². The Morgan fingerprint density at radius 2 is 2.28 bits per heavy atom. The van der Waals surface area contributed by atoms with E-state index in [0.29, 0.717) is 6.04 Å². The van der Waals surface area contributed by atoms with E-state index in [0.717, 1.165) is 24.7 Å². The molecule has 1 fully saturated rings. The van der Waals surface area contributed by atoms with Crippen molar-refractivity contribution in [2.24, 2.45) is 0 Å². The Morgan fingerprint density at radius 3 is 2.94 bits per heavy atom. The number of likely N-dealkylation sites (tertiary alicyclic amines) is 1. The predicted octanol–water partition coefficient (Wildman–Crippen LogP) is 2.76. The molecule has 0 amide bonds. The molecule has 1 saturated heterocycles. The Kier molecular flexibility index (Phi) is 8.91. The van der Waals surface area contributed by atoms with E-state index in [1.165, 1.54) is 18.4 Å².